The minimum atomic E-state index is -4.43. The molecule has 0 atom stereocenters. The molecule has 3 rings (SSSR count). The van der Waals surface area contributed by atoms with Crippen LogP contribution in [0.1, 0.15) is 23.1 Å². The highest BCUT2D eigenvalue weighted by Gasteiger charge is 2.30. The van der Waals surface area contributed by atoms with E-state index in [0.717, 1.165) is 40.8 Å². The molecule has 0 bridgehead atoms. The van der Waals surface area contributed by atoms with E-state index in [-0.39, 0.29) is 5.75 Å². The molecule has 0 radical (unpaired) electrons. The van der Waals surface area contributed by atoms with E-state index in [1.54, 1.807) is 6.20 Å². The van der Waals surface area contributed by atoms with Crippen molar-refractivity contribution < 1.29 is 17.9 Å². The Bertz CT molecular complexity index is 987. The Morgan fingerprint density at radius 2 is 1.89 bits per heavy atom. The molecule has 0 aliphatic heterocycles. The van der Waals surface area contributed by atoms with Crippen LogP contribution in [0.4, 0.5) is 18.9 Å². The first-order valence-corrected chi connectivity index (χ1v) is 8.99. The van der Waals surface area contributed by atoms with Crippen molar-refractivity contribution in [3.05, 3.63) is 59.3 Å². The highest BCUT2D eigenvalue weighted by atomic mass is 19.4. The smallest absolute Gasteiger partial charge is 0.416 e. The third-order valence-corrected chi connectivity index (χ3v) is 4.44. The third kappa shape index (κ3) is 4.20. The van der Waals surface area contributed by atoms with Crippen molar-refractivity contribution in [2.24, 2.45) is 5.73 Å². The molecule has 28 heavy (non-hydrogen) atoms. The van der Waals surface area contributed by atoms with Gasteiger partial charge in [-0.1, -0.05) is 6.07 Å². The summed E-state index contributed by atoms with van der Waals surface area (Å²) in [5, 5.41) is 4.10. The molecule has 0 amide bonds. The number of hydrogen-bond acceptors (Lipinski definition) is 4. The van der Waals surface area contributed by atoms with Gasteiger partial charge in [-0.15, -0.1) is 0 Å². The summed E-state index contributed by atoms with van der Waals surface area (Å²) in [6.45, 7) is 5.07. The summed E-state index contributed by atoms with van der Waals surface area (Å²) in [6.07, 6.45) is -1.91. The molecule has 4 nitrogen and oxygen atoms in total. The SMILES string of the molecule is Cc1cc(NCCCN)c2nccc(C)c2c1Oc1cccc(C(F)(F)F)c1. The van der Waals surface area contributed by atoms with Crippen molar-refractivity contribution in [1.29, 1.82) is 0 Å². The number of nitrogens with zero attached hydrogens (tertiary/aromatic N) is 1. The molecule has 1 heterocycles. The quantitative estimate of drug-likeness (QED) is 0.553. The lowest BCUT2D eigenvalue weighted by Crippen LogP contribution is -2.09. The van der Waals surface area contributed by atoms with Gasteiger partial charge in [0.2, 0.25) is 0 Å². The number of nitrogens with two attached hydrogens (primary N) is 1. The van der Waals surface area contributed by atoms with Gasteiger partial charge in [-0.05, 0) is 68.3 Å². The largest absolute Gasteiger partial charge is 0.456 e. The maximum absolute atomic E-state index is 13.0. The van der Waals surface area contributed by atoms with E-state index in [1.807, 2.05) is 26.0 Å². The molecule has 2 aromatic carbocycles. The van der Waals surface area contributed by atoms with E-state index in [9.17, 15) is 13.2 Å². The molecule has 0 spiro atoms. The minimum Gasteiger partial charge on any atom is -0.456 e. The summed E-state index contributed by atoms with van der Waals surface area (Å²) >= 11 is 0. The molecule has 0 aliphatic rings. The summed E-state index contributed by atoms with van der Waals surface area (Å²) < 4.78 is 45.0. The van der Waals surface area contributed by atoms with Crippen molar-refractivity contribution in [2.75, 3.05) is 18.4 Å². The lowest BCUT2D eigenvalue weighted by Gasteiger charge is -2.18. The van der Waals surface area contributed by atoms with Gasteiger partial charge >= 0.3 is 6.18 Å². The first kappa shape index (κ1) is 19.9. The van der Waals surface area contributed by atoms with Crippen LogP contribution < -0.4 is 15.8 Å². The molecule has 0 unspecified atom stereocenters. The van der Waals surface area contributed by atoms with Gasteiger partial charge in [0.05, 0.1) is 16.8 Å². The summed E-state index contributed by atoms with van der Waals surface area (Å²) in [4.78, 5) is 4.47. The van der Waals surface area contributed by atoms with Crippen molar-refractivity contribution in [2.45, 2.75) is 26.4 Å². The maximum Gasteiger partial charge on any atom is 0.416 e. The Morgan fingerprint density at radius 3 is 2.61 bits per heavy atom. The predicted octanol–water partition coefficient (Wildman–Crippen LogP) is 5.42. The molecule has 0 aliphatic carbocycles. The van der Waals surface area contributed by atoms with Crippen molar-refractivity contribution in [1.82, 2.24) is 4.98 Å². The fourth-order valence-corrected chi connectivity index (χ4v) is 3.04. The van der Waals surface area contributed by atoms with Crippen LogP contribution in [0.15, 0.2) is 42.6 Å². The summed E-state index contributed by atoms with van der Waals surface area (Å²) in [5.41, 5.74) is 8.10. The maximum atomic E-state index is 13.0. The van der Waals surface area contributed by atoms with Gasteiger partial charge in [0.15, 0.2) is 0 Å². The lowest BCUT2D eigenvalue weighted by molar-refractivity contribution is -0.137. The molecule has 7 heteroatoms. The van der Waals surface area contributed by atoms with Gasteiger partial charge in [-0.3, -0.25) is 4.98 Å². The number of fused-ring (bicyclic) bond motifs is 1. The molecule has 1 aromatic heterocycles. The number of pyridine rings is 1. The molecule has 3 aromatic rings. The number of rotatable bonds is 6. The van der Waals surface area contributed by atoms with E-state index in [4.69, 9.17) is 10.5 Å². The van der Waals surface area contributed by atoms with Crippen LogP contribution in [0.3, 0.4) is 0 Å². The van der Waals surface area contributed by atoms with E-state index < -0.39 is 11.7 Å². The number of halogens is 3. The van der Waals surface area contributed by atoms with Crippen LogP contribution >= 0.6 is 0 Å². The molecule has 0 saturated heterocycles. The van der Waals surface area contributed by atoms with Crippen LogP contribution in [0.25, 0.3) is 10.9 Å². The standard InChI is InChI=1S/C21H22F3N3O/c1-13-7-10-27-19-17(26-9-4-8-25)11-14(2)20(18(13)19)28-16-6-3-5-15(12-16)21(22,23)24/h3,5-7,10-12,26H,4,8-9,25H2,1-2H3. The van der Waals surface area contributed by atoms with Crippen LogP contribution in [-0.2, 0) is 6.18 Å². The normalized spacial score (nSPS) is 11.6. The van der Waals surface area contributed by atoms with Gasteiger partial charge in [-0.2, -0.15) is 13.2 Å². The van der Waals surface area contributed by atoms with Crippen molar-refractivity contribution in [3.8, 4) is 11.5 Å². The zero-order valence-electron chi connectivity index (χ0n) is 15.7. The molecule has 0 fully saturated rings. The average molecular weight is 389 g/mol. The van der Waals surface area contributed by atoms with E-state index in [2.05, 4.69) is 10.3 Å². The van der Waals surface area contributed by atoms with Gasteiger partial charge in [-0.25, -0.2) is 0 Å². The van der Waals surface area contributed by atoms with Crippen LogP contribution in [-0.4, -0.2) is 18.1 Å². The molecule has 3 N–H and O–H groups in total. The Kier molecular flexibility index (Phi) is 5.74. The second-order valence-corrected chi connectivity index (χ2v) is 6.62. The fourth-order valence-electron chi connectivity index (χ4n) is 3.04. The minimum absolute atomic E-state index is 0.131. The van der Waals surface area contributed by atoms with Gasteiger partial charge in [0, 0.05) is 18.1 Å². The summed E-state index contributed by atoms with van der Waals surface area (Å²) in [5.74, 6) is 0.635. The molecular weight excluding hydrogens is 367 g/mol. The van der Waals surface area contributed by atoms with E-state index >= 15 is 0 Å². The van der Waals surface area contributed by atoms with Crippen LogP contribution in [0.2, 0.25) is 0 Å². The van der Waals surface area contributed by atoms with Crippen LogP contribution in [0, 0.1) is 13.8 Å². The number of nitrogens with one attached hydrogen (secondary N) is 1. The zero-order chi connectivity index (χ0) is 20.3. The highest BCUT2D eigenvalue weighted by Crippen LogP contribution is 2.39. The lowest BCUT2D eigenvalue weighted by atomic mass is 10.0. The summed E-state index contributed by atoms with van der Waals surface area (Å²) in [6, 6.07) is 8.63. The third-order valence-electron chi connectivity index (χ3n) is 4.44. The first-order valence-electron chi connectivity index (χ1n) is 8.99. The average Bonchev–Trinajstić information content (AvgIpc) is 2.64. The van der Waals surface area contributed by atoms with Crippen LogP contribution in [0.5, 0.6) is 11.5 Å². The number of anilines is 1. The monoisotopic (exact) mass is 389 g/mol. The topological polar surface area (TPSA) is 60.2 Å². The Hall–Kier alpha value is -2.80. The summed E-state index contributed by atoms with van der Waals surface area (Å²) in [7, 11) is 0. The van der Waals surface area contributed by atoms with Gasteiger partial charge in [0.25, 0.3) is 0 Å². The molecule has 148 valence electrons. The van der Waals surface area contributed by atoms with Gasteiger partial charge in [0.1, 0.15) is 11.5 Å². The number of hydrogen-bond donors (Lipinski definition) is 2. The zero-order valence-corrected chi connectivity index (χ0v) is 15.7. The second-order valence-electron chi connectivity index (χ2n) is 6.62. The second kappa shape index (κ2) is 8.06. The fraction of sp³-hybridized carbons (Fsp3) is 0.286. The highest BCUT2D eigenvalue weighted by molar-refractivity contribution is 5.98. The number of alkyl halides is 3. The van der Waals surface area contributed by atoms with E-state index in [0.29, 0.717) is 24.4 Å². The Morgan fingerprint density at radius 1 is 1.11 bits per heavy atom. The number of benzene rings is 2. The van der Waals surface area contributed by atoms with E-state index in [1.165, 1.54) is 12.1 Å². The Labute approximate surface area is 161 Å². The molecule has 0 saturated carbocycles. The van der Waals surface area contributed by atoms with Crippen molar-refractivity contribution in [3.63, 3.8) is 0 Å². The number of aryl methyl sites for hydroxylation is 2. The molecular formula is C21H22F3N3O. The number of aromatic nitrogens is 1. The Balaban J connectivity index is 2.07. The first-order chi connectivity index (χ1) is 13.3. The number of ether oxygens (including phenoxy) is 1. The predicted molar refractivity (Wildman–Crippen MR) is 105 cm³/mol. The van der Waals surface area contributed by atoms with Crippen molar-refractivity contribution >= 4 is 16.6 Å². The van der Waals surface area contributed by atoms with Gasteiger partial charge < -0.3 is 15.8 Å².